The Bertz CT molecular complexity index is 260. The number of aromatic nitrogens is 2. The second-order valence-corrected chi connectivity index (χ2v) is 3.52. The van der Waals surface area contributed by atoms with Crippen LogP contribution in [0.1, 0.15) is 25.3 Å². The van der Waals surface area contributed by atoms with E-state index < -0.39 is 0 Å². The number of aliphatic hydroxyl groups excluding tert-OH is 1. The summed E-state index contributed by atoms with van der Waals surface area (Å²) in [5.74, 6) is 0. The van der Waals surface area contributed by atoms with E-state index in [1.807, 2.05) is 19.4 Å². The molecule has 0 radical (unpaired) electrons. The van der Waals surface area contributed by atoms with Gasteiger partial charge in [0.25, 0.3) is 0 Å². The lowest BCUT2D eigenvalue weighted by Gasteiger charge is -2.14. The summed E-state index contributed by atoms with van der Waals surface area (Å²) in [5, 5.41) is 16.3. The Hall–Kier alpha value is -0.870. The van der Waals surface area contributed by atoms with Crippen molar-refractivity contribution in [2.45, 2.75) is 32.4 Å². The molecule has 80 valence electrons. The van der Waals surface area contributed by atoms with Crippen LogP contribution in [0.3, 0.4) is 0 Å². The summed E-state index contributed by atoms with van der Waals surface area (Å²) in [6, 6.07) is 0.403. The van der Waals surface area contributed by atoms with Crippen molar-refractivity contribution in [3.8, 4) is 0 Å². The van der Waals surface area contributed by atoms with Crippen LogP contribution in [0.15, 0.2) is 12.4 Å². The zero-order chi connectivity index (χ0) is 10.4. The molecule has 1 unspecified atom stereocenters. The first-order valence-corrected chi connectivity index (χ1v) is 5.08. The second-order valence-electron chi connectivity index (χ2n) is 3.52. The lowest BCUT2D eigenvalue weighted by atomic mass is 10.1. The van der Waals surface area contributed by atoms with Crippen LogP contribution in [0.4, 0.5) is 0 Å². The van der Waals surface area contributed by atoms with Crippen molar-refractivity contribution < 1.29 is 5.11 Å². The minimum atomic E-state index is 0.249. The molecule has 2 N–H and O–H groups in total. The van der Waals surface area contributed by atoms with Gasteiger partial charge < -0.3 is 10.4 Å². The van der Waals surface area contributed by atoms with Crippen molar-refractivity contribution in [1.29, 1.82) is 0 Å². The fourth-order valence-electron chi connectivity index (χ4n) is 1.43. The standard InChI is InChI=1S/C10H19N3O/c1-3-10(4-5-14)11-6-9-7-12-13(2)8-9/h7-8,10-11,14H,3-6H2,1-2H3. The molecule has 0 fully saturated rings. The molecule has 0 bridgehead atoms. The summed E-state index contributed by atoms with van der Waals surface area (Å²) < 4.78 is 1.80. The number of rotatable bonds is 6. The van der Waals surface area contributed by atoms with Gasteiger partial charge in [0.05, 0.1) is 6.20 Å². The fraction of sp³-hybridized carbons (Fsp3) is 0.700. The molecule has 0 spiro atoms. The molecule has 4 heteroatoms. The molecule has 0 aliphatic carbocycles. The third-order valence-electron chi connectivity index (χ3n) is 2.32. The van der Waals surface area contributed by atoms with Crippen molar-refractivity contribution in [1.82, 2.24) is 15.1 Å². The van der Waals surface area contributed by atoms with Crippen LogP contribution in [-0.2, 0) is 13.6 Å². The topological polar surface area (TPSA) is 50.1 Å². The van der Waals surface area contributed by atoms with Crippen LogP contribution in [0.2, 0.25) is 0 Å². The first-order chi connectivity index (χ1) is 6.76. The summed E-state index contributed by atoms with van der Waals surface area (Å²) in [5.41, 5.74) is 1.18. The van der Waals surface area contributed by atoms with Gasteiger partial charge in [-0.2, -0.15) is 5.10 Å². The smallest absolute Gasteiger partial charge is 0.0534 e. The highest BCUT2D eigenvalue weighted by Gasteiger charge is 2.04. The van der Waals surface area contributed by atoms with Crippen LogP contribution in [0.5, 0.6) is 0 Å². The van der Waals surface area contributed by atoms with Gasteiger partial charge in [-0.3, -0.25) is 4.68 Å². The summed E-state index contributed by atoms with van der Waals surface area (Å²) in [6.45, 7) is 3.20. The van der Waals surface area contributed by atoms with Crippen LogP contribution < -0.4 is 5.32 Å². The third-order valence-corrected chi connectivity index (χ3v) is 2.32. The van der Waals surface area contributed by atoms with E-state index >= 15 is 0 Å². The van der Waals surface area contributed by atoms with Gasteiger partial charge in [-0.05, 0) is 12.8 Å². The normalized spacial score (nSPS) is 13.1. The van der Waals surface area contributed by atoms with E-state index in [-0.39, 0.29) is 6.61 Å². The predicted molar refractivity (Wildman–Crippen MR) is 55.8 cm³/mol. The Balaban J connectivity index is 2.31. The highest BCUT2D eigenvalue weighted by Crippen LogP contribution is 2.00. The van der Waals surface area contributed by atoms with Gasteiger partial charge in [-0.25, -0.2) is 0 Å². The SMILES string of the molecule is CCC(CCO)NCc1cnn(C)c1. The Kier molecular flexibility index (Phi) is 4.62. The first kappa shape index (κ1) is 11.2. The van der Waals surface area contributed by atoms with Gasteiger partial charge in [-0.15, -0.1) is 0 Å². The molecular formula is C10H19N3O. The van der Waals surface area contributed by atoms with Crippen LogP contribution in [0.25, 0.3) is 0 Å². The summed E-state index contributed by atoms with van der Waals surface area (Å²) in [4.78, 5) is 0. The zero-order valence-corrected chi connectivity index (χ0v) is 8.90. The van der Waals surface area contributed by atoms with E-state index in [1.54, 1.807) is 4.68 Å². The van der Waals surface area contributed by atoms with Crippen molar-refractivity contribution in [2.24, 2.45) is 7.05 Å². The molecule has 0 aliphatic rings. The Morgan fingerprint density at radius 1 is 1.64 bits per heavy atom. The first-order valence-electron chi connectivity index (χ1n) is 5.08. The number of hydrogen-bond acceptors (Lipinski definition) is 3. The molecule has 4 nitrogen and oxygen atoms in total. The van der Waals surface area contributed by atoms with Gasteiger partial charge in [0.2, 0.25) is 0 Å². The highest BCUT2D eigenvalue weighted by molar-refractivity contribution is 5.03. The van der Waals surface area contributed by atoms with Gasteiger partial charge in [-0.1, -0.05) is 6.92 Å². The van der Waals surface area contributed by atoms with E-state index in [1.165, 1.54) is 5.56 Å². The zero-order valence-electron chi connectivity index (χ0n) is 8.90. The molecule has 0 aromatic carbocycles. The average molecular weight is 197 g/mol. The Morgan fingerprint density at radius 2 is 2.43 bits per heavy atom. The molecule has 0 aliphatic heterocycles. The number of aliphatic hydroxyl groups is 1. The van der Waals surface area contributed by atoms with Gasteiger partial charge in [0, 0.05) is 38.0 Å². The Morgan fingerprint density at radius 3 is 2.93 bits per heavy atom. The molecule has 1 atom stereocenters. The molecular weight excluding hydrogens is 178 g/mol. The third kappa shape index (κ3) is 3.47. The molecule has 1 aromatic rings. The lowest BCUT2D eigenvalue weighted by Crippen LogP contribution is -2.28. The second kappa shape index (κ2) is 5.78. The number of hydrogen-bond donors (Lipinski definition) is 2. The molecule has 0 saturated heterocycles. The predicted octanol–water partition coefficient (Wildman–Crippen LogP) is 0.671. The summed E-state index contributed by atoms with van der Waals surface area (Å²) in [7, 11) is 1.91. The van der Waals surface area contributed by atoms with Crippen LogP contribution >= 0.6 is 0 Å². The fourth-order valence-corrected chi connectivity index (χ4v) is 1.43. The molecule has 1 aromatic heterocycles. The Labute approximate surface area is 84.9 Å². The minimum absolute atomic E-state index is 0.249. The molecule has 0 amide bonds. The van der Waals surface area contributed by atoms with E-state index in [9.17, 15) is 0 Å². The van der Waals surface area contributed by atoms with E-state index in [4.69, 9.17) is 5.11 Å². The van der Waals surface area contributed by atoms with Gasteiger partial charge >= 0.3 is 0 Å². The van der Waals surface area contributed by atoms with Crippen molar-refractivity contribution >= 4 is 0 Å². The largest absolute Gasteiger partial charge is 0.396 e. The summed E-state index contributed by atoms with van der Waals surface area (Å²) in [6.07, 6.45) is 5.72. The lowest BCUT2D eigenvalue weighted by molar-refractivity contribution is 0.262. The van der Waals surface area contributed by atoms with Gasteiger partial charge in [0.15, 0.2) is 0 Å². The van der Waals surface area contributed by atoms with E-state index in [0.717, 1.165) is 19.4 Å². The molecule has 14 heavy (non-hydrogen) atoms. The van der Waals surface area contributed by atoms with Gasteiger partial charge in [0.1, 0.15) is 0 Å². The van der Waals surface area contributed by atoms with E-state index in [0.29, 0.717) is 6.04 Å². The van der Waals surface area contributed by atoms with Crippen LogP contribution in [0, 0.1) is 0 Å². The maximum Gasteiger partial charge on any atom is 0.0534 e. The number of aryl methyl sites for hydroxylation is 1. The van der Waals surface area contributed by atoms with E-state index in [2.05, 4.69) is 17.3 Å². The molecule has 0 saturated carbocycles. The molecule has 1 rings (SSSR count). The quantitative estimate of drug-likeness (QED) is 0.704. The molecule has 1 heterocycles. The number of nitrogens with one attached hydrogen (secondary N) is 1. The average Bonchev–Trinajstić information content (AvgIpc) is 2.59. The van der Waals surface area contributed by atoms with Crippen molar-refractivity contribution in [3.05, 3.63) is 18.0 Å². The monoisotopic (exact) mass is 197 g/mol. The summed E-state index contributed by atoms with van der Waals surface area (Å²) >= 11 is 0. The minimum Gasteiger partial charge on any atom is -0.396 e. The maximum absolute atomic E-state index is 8.81. The number of nitrogens with zero attached hydrogens (tertiary/aromatic N) is 2. The van der Waals surface area contributed by atoms with Crippen molar-refractivity contribution in [3.63, 3.8) is 0 Å². The van der Waals surface area contributed by atoms with Crippen LogP contribution in [-0.4, -0.2) is 27.5 Å². The van der Waals surface area contributed by atoms with Crippen molar-refractivity contribution in [2.75, 3.05) is 6.61 Å². The highest BCUT2D eigenvalue weighted by atomic mass is 16.3. The maximum atomic E-state index is 8.81.